The highest BCUT2D eigenvalue weighted by Crippen LogP contribution is 2.38. The topological polar surface area (TPSA) is 9.86 Å². The van der Waals surface area contributed by atoms with E-state index in [4.69, 9.17) is 17.8 Å². The Morgan fingerprint density at radius 1 is 0.395 bits per heavy atom. The second-order valence-electron chi connectivity index (χ2n) is 8.89. The predicted octanol–water partition coefficient (Wildman–Crippen LogP) is 9.55. The maximum absolute atomic E-state index is 8.87. The van der Waals surface area contributed by atoms with E-state index >= 15 is 0 Å². The molecule has 2 heteroatoms. The Balaban J connectivity index is 1.47. The lowest BCUT2D eigenvalue weighted by Gasteiger charge is -2.09. The molecule has 0 bridgehead atoms. The summed E-state index contributed by atoms with van der Waals surface area (Å²) in [5.74, 6) is 0. The van der Waals surface area contributed by atoms with Crippen LogP contribution in [0, 0.1) is 0 Å². The highest BCUT2D eigenvalue weighted by Gasteiger charge is 2.15. The number of rotatable bonds is 3. The largest absolute Gasteiger partial charge is 0.309 e. The highest BCUT2D eigenvalue weighted by atomic mass is 15.0. The molecule has 0 atom stereocenters. The van der Waals surface area contributed by atoms with E-state index in [1.54, 1.807) is 22.8 Å². The van der Waals surface area contributed by atoms with Crippen molar-refractivity contribution >= 4 is 43.6 Å². The Morgan fingerprint density at radius 3 is 1.47 bits per heavy atom. The lowest BCUT2D eigenvalue weighted by atomic mass is 10.0. The van der Waals surface area contributed by atoms with Gasteiger partial charge in [0, 0.05) is 32.9 Å². The van der Waals surface area contributed by atoms with Crippen molar-refractivity contribution in [1.82, 2.24) is 9.13 Å². The van der Waals surface area contributed by atoms with E-state index in [9.17, 15) is 0 Å². The first-order chi connectivity index (χ1) is 24.3. The van der Waals surface area contributed by atoms with Gasteiger partial charge in [-0.25, -0.2) is 0 Å². The minimum Gasteiger partial charge on any atom is -0.309 e. The minimum atomic E-state index is -0.590. The average molecular weight is 498 g/mol. The van der Waals surface area contributed by atoms with Gasteiger partial charge in [-0.2, -0.15) is 0 Å². The molecule has 0 saturated carbocycles. The molecule has 6 aromatic carbocycles. The molecule has 0 aliphatic heterocycles. The highest BCUT2D eigenvalue weighted by molar-refractivity contribution is 6.12. The van der Waals surface area contributed by atoms with Crippen LogP contribution >= 0.6 is 0 Å². The average Bonchev–Trinajstić information content (AvgIpc) is 3.66. The van der Waals surface area contributed by atoms with Crippen molar-refractivity contribution in [1.29, 1.82) is 0 Å². The first-order valence-corrected chi connectivity index (χ1v) is 12.0. The summed E-state index contributed by atoms with van der Waals surface area (Å²) < 4.78 is 114. The first kappa shape index (κ1) is 12.0. The summed E-state index contributed by atoms with van der Waals surface area (Å²) >= 11 is 0. The molecule has 0 spiro atoms. The predicted molar refractivity (Wildman–Crippen MR) is 161 cm³/mol. The molecule has 2 heterocycles. The third-order valence-electron chi connectivity index (χ3n) is 6.85. The van der Waals surface area contributed by atoms with Crippen molar-refractivity contribution in [2.24, 2.45) is 0 Å². The molecule has 0 N–H and O–H groups in total. The SMILES string of the molecule is [2H]c1c([2H])c([2H])c(-n2c3ccc(-c4ccc5c(c4)c4c([2H])c([2H])c([2H])c([2H])c4n5-c4ccccc4)cc3c3c([2H])c([2H])c([2H])c([2H])c32)c([2H])c1[2H]. The summed E-state index contributed by atoms with van der Waals surface area (Å²) in [4.78, 5) is 0. The van der Waals surface area contributed by atoms with Crippen LogP contribution in [0.4, 0.5) is 0 Å². The Bertz CT molecular complexity index is 2810. The van der Waals surface area contributed by atoms with Gasteiger partial charge in [-0.05, 0) is 71.7 Å². The third kappa shape index (κ3) is 3.07. The Morgan fingerprint density at radius 2 is 0.895 bits per heavy atom. The number of aromatic nitrogens is 2. The quantitative estimate of drug-likeness (QED) is 0.230. The Labute approximate surface area is 238 Å². The van der Waals surface area contributed by atoms with Crippen LogP contribution < -0.4 is 0 Å². The number of nitrogens with zero attached hydrogens (tertiary/aromatic N) is 2. The van der Waals surface area contributed by atoms with Crippen molar-refractivity contribution in [3.63, 3.8) is 0 Å². The maximum Gasteiger partial charge on any atom is 0.0645 e. The molecule has 8 aromatic rings. The van der Waals surface area contributed by atoms with Gasteiger partial charge >= 0.3 is 0 Å². The van der Waals surface area contributed by atoms with E-state index in [2.05, 4.69) is 0 Å². The van der Waals surface area contributed by atoms with Crippen LogP contribution in [0.15, 0.2) is 145 Å². The summed E-state index contributed by atoms with van der Waals surface area (Å²) in [7, 11) is 0. The summed E-state index contributed by atoms with van der Waals surface area (Å²) in [5.41, 5.74) is 2.97. The van der Waals surface area contributed by atoms with Crippen molar-refractivity contribution < 1.29 is 17.8 Å². The zero-order valence-electron chi connectivity index (χ0n) is 32.7. The summed E-state index contributed by atoms with van der Waals surface area (Å²) in [6.45, 7) is 0. The Hall–Kier alpha value is -5.08. The molecule has 8 rings (SSSR count). The molecule has 0 amide bonds. The van der Waals surface area contributed by atoms with Crippen LogP contribution in [-0.4, -0.2) is 9.13 Å². The molecule has 0 aliphatic rings. The minimum absolute atomic E-state index is 0.0379. The van der Waals surface area contributed by atoms with Crippen molar-refractivity contribution in [3.8, 4) is 22.5 Å². The first-order valence-electron chi connectivity index (χ1n) is 18.5. The van der Waals surface area contributed by atoms with Gasteiger partial charge in [0.1, 0.15) is 0 Å². The standard InChI is InChI=1S/C36H24N2/c1-3-11-27(12-4-1)37-33-17-9-7-15-29(33)31-23-25(19-21-35(31)37)26-20-22-36-32(24-26)30-16-8-10-18-34(30)38(36)28-13-5-2-6-14-28/h1-24H/i1D,3D,4D,7D,8D,9D,10D,11D,12D,15D,16D,17D,18D. The smallest absolute Gasteiger partial charge is 0.0645 e. The number of hydrogen-bond donors (Lipinski definition) is 0. The van der Waals surface area contributed by atoms with Crippen molar-refractivity contribution in [3.05, 3.63) is 145 Å². The zero-order valence-corrected chi connectivity index (χ0v) is 19.7. The van der Waals surface area contributed by atoms with Gasteiger partial charge in [-0.15, -0.1) is 0 Å². The van der Waals surface area contributed by atoms with Gasteiger partial charge < -0.3 is 9.13 Å². The molecule has 38 heavy (non-hydrogen) atoms. The van der Waals surface area contributed by atoms with Gasteiger partial charge in [-0.3, -0.25) is 0 Å². The van der Waals surface area contributed by atoms with Crippen LogP contribution in [0.25, 0.3) is 66.1 Å². The van der Waals surface area contributed by atoms with Gasteiger partial charge in [0.15, 0.2) is 0 Å². The Kier molecular flexibility index (Phi) is 2.59. The van der Waals surface area contributed by atoms with E-state index in [0.29, 0.717) is 49.5 Å². The molecule has 2 nitrogen and oxygen atoms in total. The fourth-order valence-electron chi connectivity index (χ4n) is 5.23. The van der Waals surface area contributed by atoms with E-state index < -0.39 is 48.3 Å². The zero-order chi connectivity index (χ0) is 36.4. The fraction of sp³-hybridized carbons (Fsp3) is 0. The van der Waals surface area contributed by atoms with Gasteiger partial charge in [0.05, 0.1) is 39.9 Å². The monoisotopic (exact) mass is 497 g/mol. The molecular formula is C36H24N2. The number of benzene rings is 6. The molecule has 2 aromatic heterocycles. The molecule has 0 aliphatic carbocycles. The third-order valence-corrected chi connectivity index (χ3v) is 6.85. The lowest BCUT2D eigenvalue weighted by Crippen LogP contribution is -1.93. The fourth-order valence-corrected chi connectivity index (χ4v) is 5.23. The van der Waals surface area contributed by atoms with Crippen LogP contribution in [0.2, 0.25) is 0 Å². The van der Waals surface area contributed by atoms with Crippen LogP contribution in [0.3, 0.4) is 0 Å². The van der Waals surface area contributed by atoms with Crippen LogP contribution in [0.1, 0.15) is 17.8 Å². The van der Waals surface area contributed by atoms with Gasteiger partial charge in [-0.1, -0.05) is 84.7 Å². The normalized spacial score (nSPS) is 16.5. The number of fused-ring (bicyclic) bond motifs is 6. The second-order valence-corrected chi connectivity index (χ2v) is 8.89. The van der Waals surface area contributed by atoms with Crippen LogP contribution in [0.5, 0.6) is 0 Å². The number of para-hydroxylation sites is 4. The van der Waals surface area contributed by atoms with E-state index in [1.807, 2.05) is 48.5 Å². The van der Waals surface area contributed by atoms with Crippen molar-refractivity contribution in [2.75, 3.05) is 0 Å². The molecule has 0 fully saturated rings. The van der Waals surface area contributed by atoms with Crippen LogP contribution in [-0.2, 0) is 0 Å². The van der Waals surface area contributed by atoms with Gasteiger partial charge in [0.25, 0.3) is 0 Å². The summed E-state index contributed by atoms with van der Waals surface area (Å²) in [6, 6.07) is 14.2. The van der Waals surface area contributed by atoms with Crippen molar-refractivity contribution in [2.45, 2.75) is 0 Å². The number of hydrogen-bond acceptors (Lipinski definition) is 0. The lowest BCUT2D eigenvalue weighted by molar-refractivity contribution is 1.18. The molecular weight excluding hydrogens is 460 g/mol. The summed E-state index contributed by atoms with van der Waals surface area (Å²) in [5, 5.41) is 1.38. The molecule has 0 unspecified atom stereocenters. The van der Waals surface area contributed by atoms with E-state index in [1.165, 1.54) is 4.57 Å². The molecule has 0 radical (unpaired) electrons. The van der Waals surface area contributed by atoms with Gasteiger partial charge in [0.2, 0.25) is 0 Å². The second kappa shape index (κ2) is 8.22. The maximum atomic E-state index is 8.87. The van der Waals surface area contributed by atoms with E-state index in [-0.39, 0.29) is 46.8 Å². The summed E-state index contributed by atoms with van der Waals surface area (Å²) in [6.07, 6.45) is 0. The molecule has 178 valence electrons. The molecule has 0 saturated heterocycles. The van der Waals surface area contributed by atoms with E-state index in [0.717, 1.165) is 0 Å².